The number of para-hydroxylation sites is 1. The van der Waals surface area contributed by atoms with E-state index in [4.69, 9.17) is 19.1 Å². The van der Waals surface area contributed by atoms with Crippen LogP contribution >= 0.6 is 0 Å². The molecular weight excluding hydrogens is 493 g/mol. The van der Waals surface area contributed by atoms with Crippen molar-refractivity contribution in [2.45, 2.75) is 13.1 Å². The van der Waals surface area contributed by atoms with Gasteiger partial charge in [-0.15, -0.1) is 0 Å². The van der Waals surface area contributed by atoms with E-state index in [2.05, 4.69) is 15.0 Å². The summed E-state index contributed by atoms with van der Waals surface area (Å²) in [4.78, 5) is 33.0. The predicted molar refractivity (Wildman–Crippen MR) is 130 cm³/mol. The molecule has 0 saturated carbocycles. The molecule has 2 aromatic carbocycles. The summed E-state index contributed by atoms with van der Waals surface area (Å²) in [5, 5.41) is 8.34. The molecule has 12 heteroatoms. The lowest BCUT2D eigenvalue weighted by molar-refractivity contribution is -0.192. The van der Waals surface area contributed by atoms with E-state index in [0.29, 0.717) is 28.3 Å². The van der Waals surface area contributed by atoms with Gasteiger partial charge < -0.3 is 23.8 Å². The van der Waals surface area contributed by atoms with Crippen molar-refractivity contribution in [1.82, 2.24) is 19.5 Å². The maximum absolute atomic E-state index is 12.6. The number of halogens is 3. The van der Waals surface area contributed by atoms with Gasteiger partial charge in [0.25, 0.3) is 5.56 Å². The van der Waals surface area contributed by atoms with Crippen LogP contribution in [0.2, 0.25) is 0 Å². The van der Waals surface area contributed by atoms with E-state index in [1.807, 2.05) is 66.2 Å². The molecule has 0 aliphatic rings. The zero-order valence-electron chi connectivity index (χ0n) is 19.4. The summed E-state index contributed by atoms with van der Waals surface area (Å²) < 4.78 is 44.9. The molecule has 0 radical (unpaired) electrons. The number of aryl methyl sites for hydroxylation is 1. The average Bonchev–Trinajstić information content (AvgIpc) is 3.45. The fraction of sp³-hybridized carbons (Fsp3) is 0.120. The van der Waals surface area contributed by atoms with Crippen LogP contribution in [-0.2, 0) is 4.79 Å². The van der Waals surface area contributed by atoms with Gasteiger partial charge in [0, 0.05) is 11.6 Å². The number of furan rings is 1. The summed E-state index contributed by atoms with van der Waals surface area (Å²) in [5.41, 5.74) is 3.46. The number of aromatic amines is 1. The lowest BCUT2D eigenvalue weighted by Gasteiger charge is -2.09. The van der Waals surface area contributed by atoms with Crippen molar-refractivity contribution in [3.8, 4) is 11.4 Å². The smallest absolute Gasteiger partial charge is 0.490 e. The number of hydrogen-bond donors (Lipinski definition) is 2. The second kappa shape index (κ2) is 10.0. The standard InChI is InChI=1S/C23H18N4O3.C2HF3O2/c1-14-12-27(13-24-14)17-9-7-15(11-19(17)29-2)8-10-20-25-22(28)21-16-5-3-4-6-18(16)30-23(21)26-20;3-2(4,5)1(6)7/h3-13H,1-2H3,(H,25,26,28);(H,6,7). The quantitative estimate of drug-likeness (QED) is 0.348. The zero-order chi connectivity index (χ0) is 26.7. The number of carboxylic acids is 1. The topological polar surface area (TPSA) is 123 Å². The molecule has 0 aliphatic carbocycles. The van der Waals surface area contributed by atoms with Crippen LogP contribution in [0.25, 0.3) is 39.9 Å². The Kier molecular flexibility index (Phi) is 6.83. The highest BCUT2D eigenvalue weighted by Crippen LogP contribution is 2.26. The van der Waals surface area contributed by atoms with Crippen LogP contribution < -0.4 is 10.3 Å². The molecule has 2 N–H and O–H groups in total. The summed E-state index contributed by atoms with van der Waals surface area (Å²) in [6, 6.07) is 13.2. The van der Waals surface area contributed by atoms with Crippen LogP contribution in [0.15, 0.2) is 64.2 Å². The van der Waals surface area contributed by atoms with Crippen LogP contribution in [0.3, 0.4) is 0 Å². The van der Waals surface area contributed by atoms with Crippen LogP contribution in [0.1, 0.15) is 17.1 Å². The first-order valence-electron chi connectivity index (χ1n) is 10.7. The van der Waals surface area contributed by atoms with Gasteiger partial charge in [0.2, 0.25) is 5.71 Å². The molecule has 0 atom stereocenters. The highest BCUT2D eigenvalue weighted by Gasteiger charge is 2.38. The number of H-pyrrole nitrogens is 1. The number of aliphatic carboxylic acids is 1. The molecular formula is C25H19F3N4O5. The van der Waals surface area contributed by atoms with E-state index in [1.165, 1.54) is 0 Å². The number of rotatable bonds is 4. The van der Waals surface area contributed by atoms with Gasteiger partial charge in [-0.3, -0.25) is 4.79 Å². The maximum Gasteiger partial charge on any atom is 0.490 e. The third-order valence-corrected chi connectivity index (χ3v) is 5.14. The van der Waals surface area contributed by atoms with Gasteiger partial charge >= 0.3 is 12.1 Å². The van der Waals surface area contributed by atoms with Gasteiger partial charge in [0.05, 0.1) is 24.8 Å². The summed E-state index contributed by atoms with van der Waals surface area (Å²) in [6.07, 6.45) is 2.20. The van der Waals surface area contributed by atoms with Crippen LogP contribution in [0.4, 0.5) is 13.2 Å². The molecule has 37 heavy (non-hydrogen) atoms. The predicted octanol–water partition coefficient (Wildman–Crippen LogP) is 4.98. The minimum atomic E-state index is -5.08. The summed E-state index contributed by atoms with van der Waals surface area (Å²) in [7, 11) is 1.63. The second-order valence-corrected chi connectivity index (χ2v) is 7.72. The van der Waals surface area contributed by atoms with Gasteiger partial charge in [0.15, 0.2) is 0 Å². The van der Waals surface area contributed by atoms with Crippen molar-refractivity contribution in [3.05, 3.63) is 82.4 Å². The first-order valence-corrected chi connectivity index (χ1v) is 10.7. The van der Waals surface area contributed by atoms with Crippen molar-refractivity contribution >= 4 is 40.2 Å². The molecule has 5 aromatic rings. The van der Waals surface area contributed by atoms with Gasteiger partial charge in [-0.2, -0.15) is 18.2 Å². The van der Waals surface area contributed by atoms with Crippen LogP contribution in [-0.4, -0.2) is 43.9 Å². The first-order chi connectivity index (χ1) is 17.6. The number of fused-ring (bicyclic) bond motifs is 3. The molecule has 0 bridgehead atoms. The van der Waals surface area contributed by atoms with Crippen molar-refractivity contribution < 1.29 is 32.2 Å². The van der Waals surface area contributed by atoms with E-state index in [9.17, 15) is 18.0 Å². The molecule has 0 amide bonds. The van der Waals surface area contributed by atoms with Gasteiger partial charge in [0.1, 0.15) is 22.5 Å². The SMILES string of the molecule is COc1cc(C=Cc2nc3oc4ccccc4c3c(=O)[nH]2)ccc1-n1cnc(C)c1.O=C(O)C(F)(F)F. The molecule has 9 nitrogen and oxygen atoms in total. The van der Waals surface area contributed by atoms with E-state index >= 15 is 0 Å². The third kappa shape index (κ3) is 5.53. The summed E-state index contributed by atoms with van der Waals surface area (Å²) >= 11 is 0. The highest BCUT2D eigenvalue weighted by molar-refractivity contribution is 6.03. The zero-order valence-corrected chi connectivity index (χ0v) is 19.4. The van der Waals surface area contributed by atoms with Crippen LogP contribution in [0.5, 0.6) is 5.75 Å². The highest BCUT2D eigenvalue weighted by atomic mass is 19.4. The molecule has 0 saturated heterocycles. The molecule has 0 fully saturated rings. The number of carboxylic acid groups (broad SMARTS) is 1. The minimum absolute atomic E-state index is 0.229. The molecule has 3 aromatic heterocycles. The maximum atomic E-state index is 12.6. The molecule has 190 valence electrons. The van der Waals surface area contributed by atoms with Gasteiger partial charge in [-0.1, -0.05) is 30.3 Å². The minimum Gasteiger partial charge on any atom is -0.495 e. The van der Waals surface area contributed by atoms with E-state index < -0.39 is 12.1 Å². The summed E-state index contributed by atoms with van der Waals surface area (Å²) in [6.45, 7) is 1.94. The Morgan fingerprint density at radius 1 is 1.19 bits per heavy atom. The number of carbonyl (C=O) groups is 1. The Morgan fingerprint density at radius 2 is 1.92 bits per heavy atom. The molecule has 0 unspecified atom stereocenters. The Balaban J connectivity index is 0.000000405. The number of hydrogen-bond acceptors (Lipinski definition) is 6. The molecule has 5 rings (SSSR count). The number of aromatic nitrogens is 4. The molecule has 3 heterocycles. The Hall–Kier alpha value is -4.87. The first kappa shape index (κ1) is 25.2. The fourth-order valence-electron chi connectivity index (χ4n) is 3.47. The van der Waals surface area contributed by atoms with Crippen molar-refractivity contribution in [2.75, 3.05) is 7.11 Å². The number of nitrogens with one attached hydrogen (secondary N) is 1. The van der Waals surface area contributed by atoms with Crippen LogP contribution in [0, 0.1) is 6.92 Å². The Morgan fingerprint density at radius 3 is 2.57 bits per heavy atom. The number of imidazole rings is 1. The number of methoxy groups -OCH3 is 1. The lowest BCUT2D eigenvalue weighted by Crippen LogP contribution is -2.21. The number of alkyl halides is 3. The molecule has 0 spiro atoms. The Labute approximate surface area is 206 Å². The number of nitrogens with zero attached hydrogens (tertiary/aromatic N) is 3. The Bertz CT molecular complexity index is 1680. The van der Waals surface area contributed by atoms with Gasteiger partial charge in [-0.05, 0) is 36.8 Å². The van der Waals surface area contributed by atoms with E-state index in [-0.39, 0.29) is 5.56 Å². The fourth-order valence-corrected chi connectivity index (χ4v) is 3.47. The van der Waals surface area contributed by atoms with E-state index in [1.54, 1.807) is 19.5 Å². The van der Waals surface area contributed by atoms with Crippen molar-refractivity contribution in [1.29, 1.82) is 0 Å². The second-order valence-electron chi connectivity index (χ2n) is 7.72. The van der Waals surface area contributed by atoms with E-state index in [0.717, 1.165) is 22.3 Å². The summed E-state index contributed by atoms with van der Waals surface area (Å²) in [5.74, 6) is -1.63. The van der Waals surface area contributed by atoms with Gasteiger partial charge in [-0.25, -0.2) is 9.78 Å². The molecule has 0 aliphatic heterocycles. The third-order valence-electron chi connectivity index (χ3n) is 5.14. The van der Waals surface area contributed by atoms with Crippen molar-refractivity contribution in [2.24, 2.45) is 0 Å². The number of ether oxygens (including phenoxy) is 1. The number of benzene rings is 2. The monoisotopic (exact) mass is 512 g/mol. The average molecular weight is 512 g/mol. The largest absolute Gasteiger partial charge is 0.495 e. The normalized spacial score (nSPS) is 11.6. The van der Waals surface area contributed by atoms with Crippen molar-refractivity contribution in [3.63, 3.8) is 0 Å². The lowest BCUT2D eigenvalue weighted by atomic mass is 10.1.